The number of nitrogens with zero attached hydrogens (tertiary/aromatic N) is 1. The highest BCUT2D eigenvalue weighted by Crippen LogP contribution is 2.33. The molecule has 0 aliphatic heterocycles. The SMILES string of the molecule is COc1cc(C)c(-c2cc(C(=O)O)no2)cc1Cl. The van der Waals surface area contributed by atoms with Crippen molar-refractivity contribution in [1.82, 2.24) is 5.16 Å². The van der Waals surface area contributed by atoms with E-state index in [0.717, 1.165) is 5.56 Å². The van der Waals surface area contributed by atoms with Crippen LogP contribution in [0, 0.1) is 6.92 Å². The second-order valence-corrected chi connectivity index (χ2v) is 4.09. The van der Waals surface area contributed by atoms with Crippen LogP contribution < -0.4 is 4.74 Å². The third kappa shape index (κ3) is 2.17. The topological polar surface area (TPSA) is 72.6 Å². The molecule has 1 aromatic carbocycles. The van der Waals surface area contributed by atoms with Crippen LogP contribution in [-0.4, -0.2) is 23.3 Å². The van der Waals surface area contributed by atoms with Gasteiger partial charge in [-0.2, -0.15) is 0 Å². The fourth-order valence-corrected chi connectivity index (χ4v) is 1.82. The van der Waals surface area contributed by atoms with E-state index in [1.165, 1.54) is 13.2 Å². The third-order valence-electron chi connectivity index (χ3n) is 2.49. The van der Waals surface area contributed by atoms with Crippen LogP contribution in [0.5, 0.6) is 5.75 Å². The molecule has 1 heterocycles. The Balaban J connectivity index is 2.50. The van der Waals surface area contributed by atoms with Gasteiger partial charge in [-0.1, -0.05) is 16.8 Å². The van der Waals surface area contributed by atoms with Gasteiger partial charge in [0.05, 0.1) is 12.1 Å². The van der Waals surface area contributed by atoms with E-state index in [-0.39, 0.29) is 5.69 Å². The van der Waals surface area contributed by atoms with Gasteiger partial charge < -0.3 is 14.4 Å². The number of rotatable bonds is 3. The van der Waals surface area contributed by atoms with Gasteiger partial charge in [0, 0.05) is 11.6 Å². The van der Waals surface area contributed by atoms with Crippen LogP contribution in [0.15, 0.2) is 22.7 Å². The monoisotopic (exact) mass is 267 g/mol. The van der Waals surface area contributed by atoms with Crippen molar-refractivity contribution < 1.29 is 19.2 Å². The lowest BCUT2D eigenvalue weighted by atomic mass is 10.1. The number of aryl methyl sites for hydroxylation is 1. The fraction of sp³-hybridized carbons (Fsp3) is 0.167. The minimum atomic E-state index is -1.14. The number of methoxy groups -OCH3 is 1. The van der Waals surface area contributed by atoms with Crippen molar-refractivity contribution in [2.45, 2.75) is 6.92 Å². The number of hydrogen-bond acceptors (Lipinski definition) is 4. The average molecular weight is 268 g/mol. The van der Waals surface area contributed by atoms with Crippen molar-refractivity contribution in [3.05, 3.63) is 34.5 Å². The zero-order chi connectivity index (χ0) is 13.3. The molecule has 2 aromatic rings. The number of carboxylic acid groups (broad SMARTS) is 1. The summed E-state index contributed by atoms with van der Waals surface area (Å²) in [6.45, 7) is 1.84. The van der Waals surface area contributed by atoms with Gasteiger partial charge in [-0.3, -0.25) is 0 Å². The Kier molecular flexibility index (Phi) is 3.25. The standard InChI is InChI=1S/C12H10ClNO4/c1-6-3-11(17-2)8(13)4-7(6)10-5-9(12(15)16)14-18-10/h3-5H,1-2H3,(H,15,16). The number of aromatic nitrogens is 1. The quantitative estimate of drug-likeness (QED) is 0.925. The average Bonchev–Trinajstić information content (AvgIpc) is 2.81. The van der Waals surface area contributed by atoms with Gasteiger partial charge in [0.25, 0.3) is 0 Å². The molecule has 0 bridgehead atoms. The molecule has 5 nitrogen and oxygen atoms in total. The van der Waals surface area contributed by atoms with Crippen molar-refractivity contribution in [2.75, 3.05) is 7.11 Å². The van der Waals surface area contributed by atoms with Crippen molar-refractivity contribution in [3.8, 4) is 17.1 Å². The van der Waals surface area contributed by atoms with E-state index >= 15 is 0 Å². The lowest BCUT2D eigenvalue weighted by Crippen LogP contribution is -1.94. The maximum atomic E-state index is 10.7. The van der Waals surface area contributed by atoms with Crippen LogP contribution in [-0.2, 0) is 0 Å². The molecule has 18 heavy (non-hydrogen) atoms. The second-order valence-electron chi connectivity index (χ2n) is 3.68. The Morgan fingerprint density at radius 1 is 1.44 bits per heavy atom. The maximum Gasteiger partial charge on any atom is 0.358 e. The Bertz CT molecular complexity index is 606. The van der Waals surface area contributed by atoms with Crippen LogP contribution in [0.1, 0.15) is 16.1 Å². The Labute approximate surface area is 108 Å². The summed E-state index contributed by atoms with van der Waals surface area (Å²) in [6.07, 6.45) is 0. The van der Waals surface area contributed by atoms with Gasteiger partial charge in [-0.05, 0) is 24.6 Å². The highest BCUT2D eigenvalue weighted by Gasteiger charge is 2.15. The summed E-state index contributed by atoms with van der Waals surface area (Å²) < 4.78 is 10.1. The first-order chi connectivity index (χ1) is 8.52. The van der Waals surface area contributed by atoms with Gasteiger partial charge in [0.15, 0.2) is 11.5 Å². The largest absolute Gasteiger partial charge is 0.495 e. The van der Waals surface area contributed by atoms with Crippen molar-refractivity contribution in [2.24, 2.45) is 0 Å². The molecule has 0 spiro atoms. The molecule has 0 unspecified atom stereocenters. The van der Waals surface area contributed by atoms with E-state index in [4.69, 9.17) is 26.0 Å². The maximum absolute atomic E-state index is 10.7. The summed E-state index contributed by atoms with van der Waals surface area (Å²) in [5, 5.41) is 12.7. The molecule has 0 aliphatic rings. The molecule has 0 radical (unpaired) electrons. The summed E-state index contributed by atoms with van der Waals surface area (Å²) in [6, 6.07) is 4.76. The summed E-state index contributed by atoms with van der Waals surface area (Å²) in [5.41, 5.74) is 1.39. The third-order valence-corrected chi connectivity index (χ3v) is 2.79. The van der Waals surface area contributed by atoms with Gasteiger partial charge in [0.2, 0.25) is 0 Å². The van der Waals surface area contributed by atoms with E-state index in [2.05, 4.69) is 5.16 Å². The predicted molar refractivity (Wildman–Crippen MR) is 65.2 cm³/mol. The zero-order valence-corrected chi connectivity index (χ0v) is 10.5. The number of aromatic carboxylic acids is 1. The first kappa shape index (κ1) is 12.4. The van der Waals surface area contributed by atoms with Crippen LogP contribution >= 0.6 is 11.6 Å². The second kappa shape index (κ2) is 4.70. The van der Waals surface area contributed by atoms with Crippen LogP contribution in [0.25, 0.3) is 11.3 Å². The van der Waals surface area contributed by atoms with Crippen LogP contribution in [0.3, 0.4) is 0 Å². The molecule has 0 aliphatic carbocycles. The van der Waals surface area contributed by atoms with Crippen molar-refractivity contribution >= 4 is 17.6 Å². The van der Waals surface area contributed by atoms with Gasteiger partial charge >= 0.3 is 5.97 Å². The number of halogens is 1. The van der Waals surface area contributed by atoms with Gasteiger partial charge in [-0.25, -0.2) is 4.79 Å². The minimum Gasteiger partial charge on any atom is -0.495 e. The Morgan fingerprint density at radius 3 is 2.72 bits per heavy atom. The highest BCUT2D eigenvalue weighted by molar-refractivity contribution is 6.32. The first-order valence-corrected chi connectivity index (χ1v) is 5.45. The van der Waals surface area contributed by atoms with Gasteiger partial charge in [-0.15, -0.1) is 0 Å². The molecule has 0 atom stereocenters. The normalized spacial score (nSPS) is 10.4. The lowest BCUT2D eigenvalue weighted by molar-refractivity contribution is 0.0686. The van der Waals surface area contributed by atoms with E-state index in [9.17, 15) is 4.79 Å². The number of hydrogen-bond donors (Lipinski definition) is 1. The fourth-order valence-electron chi connectivity index (χ4n) is 1.58. The first-order valence-electron chi connectivity index (χ1n) is 5.07. The summed E-state index contributed by atoms with van der Waals surface area (Å²) in [4.78, 5) is 10.7. The number of benzene rings is 1. The van der Waals surface area contributed by atoms with Gasteiger partial charge in [0.1, 0.15) is 5.75 Å². The summed E-state index contributed by atoms with van der Waals surface area (Å²) >= 11 is 6.02. The predicted octanol–water partition coefficient (Wildman–Crippen LogP) is 3.01. The minimum absolute atomic E-state index is 0.142. The molecule has 94 valence electrons. The van der Waals surface area contributed by atoms with Crippen LogP contribution in [0.4, 0.5) is 0 Å². The molecule has 0 fully saturated rings. The smallest absolute Gasteiger partial charge is 0.358 e. The number of carboxylic acids is 1. The zero-order valence-electron chi connectivity index (χ0n) is 9.73. The molecule has 2 rings (SSSR count). The van der Waals surface area contributed by atoms with E-state index in [1.54, 1.807) is 12.1 Å². The van der Waals surface area contributed by atoms with E-state index in [0.29, 0.717) is 22.1 Å². The lowest BCUT2D eigenvalue weighted by Gasteiger charge is -2.07. The summed E-state index contributed by atoms with van der Waals surface area (Å²) in [5.74, 6) is -0.229. The summed E-state index contributed by atoms with van der Waals surface area (Å²) in [7, 11) is 1.53. The molecule has 6 heteroatoms. The molecule has 0 saturated carbocycles. The number of ether oxygens (including phenoxy) is 1. The van der Waals surface area contributed by atoms with E-state index in [1.807, 2.05) is 6.92 Å². The molecule has 0 amide bonds. The molecule has 0 saturated heterocycles. The molecular weight excluding hydrogens is 258 g/mol. The van der Waals surface area contributed by atoms with Crippen molar-refractivity contribution in [3.63, 3.8) is 0 Å². The molecule has 1 N–H and O–H groups in total. The molecule has 1 aromatic heterocycles. The highest BCUT2D eigenvalue weighted by atomic mass is 35.5. The van der Waals surface area contributed by atoms with E-state index < -0.39 is 5.97 Å². The number of carbonyl (C=O) groups is 1. The van der Waals surface area contributed by atoms with Crippen LogP contribution in [0.2, 0.25) is 5.02 Å². The molecular formula is C12H10ClNO4. The van der Waals surface area contributed by atoms with Crippen molar-refractivity contribution in [1.29, 1.82) is 0 Å². The Hall–Kier alpha value is -2.01. The Morgan fingerprint density at radius 2 is 2.17 bits per heavy atom.